The van der Waals surface area contributed by atoms with Crippen molar-refractivity contribution in [3.8, 4) is 11.1 Å². The molecule has 2 aliphatic carbocycles. The van der Waals surface area contributed by atoms with E-state index < -0.39 is 12.1 Å². The number of nitrogens with one attached hydrogen (secondary N) is 2. The second kappa shape index (κ2) is 10.7. The highest BCUT2D eigenvalue weighted by Gasteiger charge is 2.32. The summed E-state index contributed by atoms with van der Waals surface area (Å²) < 4.78 is 5.62. The average Bonchev–Trinajstić information content (AvgIpc) is 3.40. The maximum atomic E-state index is 12.5. The van der Waals surface area contributed by atoms with Crippen LogP contribution in [0.4, 0.5) is 4.79 Å². The van der Waals surface area contributed by atoms with E-state index in [9.17, 15) is 14.4 Å². The number of ether oxygens (including phenoxy) is 1. The zero-order chi connectivity index (χ0) is 24.1. The van der Waals surface area contributed by atoms with Gasteiger partial charge in [-0.2, -0.15) is 0 Å². The molecule has 2 aromatic carbocycles. The summed E-state index contributed by atoms with van der Waals surface area (Å²) in [5.41, 5.74) is 4.72. The number of aliphatic carboxylic acids is 1. The molecule has 3 N–H and O–H groups in total. The molecule has 34 heavy (non-hydrogen) atoms. The van der Waals surface area contributed by atoms with E-state index in [1.807, 2.05) is 31.2 Å². The predicted octanol–water partition coefficient (Wildman–Crippen LogP) is 4.31. The summed E-state index contributed by atoms with van der Waals surface area (Å²) in [4.78, 5) is 35.7. The van der Waals surface area contributed by atoms with Gasteiger partial charge in [0.05, 0.1) is 0 Å². The van der Waals surface area contributed by atoms with E-state index in [0.29, 0.717) is 25.8 Å². The molecule has 7 nitrogen and oxygen atoms in total. The minimum Gasteiger partial charge on any atom is -0.481 e. The first-order valence-electron chi connectivity index (χ1n) is 12.0. The first-order valence-corrected chi connectivity index (χ1v) is 12.0. The van der Waals surface area contributed by atoms with Crippen molar-refractivity contribution in [1.82, 2.24) is 10.6 Å². The van der Waals surface area contributed by atoms with Crippen LogP contribution in [0.1, 0.15) is 56.1 Å². The van der Waals surface area contributed by atoms with E-state index in [-0.39, 0.29) is 42.7 Å². The standard InChI is InChI=1S/C27H32N2O5/c1-17(14-25(30)31)12-13-28-26(32)18-10-11-19(15-18)29-27(33)34-16-24-22-8-4-2-6-20(22)21-7-3-5-9-23(21)24/h2-9,17-19,24H,10-16H2,1H3,(H,28,32)(H,29,33)(H,30,31). The Hall–Kier alpha value is -3.35. The zero-order valence-electron chi connectivity index (χ0n) is 19.5. The summed E-state index contributed by atoms with van der Waals surface area (Å²) in [5.74, 6) is -0.960. The van der Waals surface area contributed by atoms with Crippen LogP contribution in [-0.4, -0.2) is 42.3 Å². The smallest absolute Gasteiger partial charge is 0.407 e. The van der Waals surface area contributed by atoms with Crippen LogP contribution in [0.5, 0.6) is 0 Å². The van der Waals surface area contributed by atoms with E-state index in [1.54, 1.807) is 0 Å². The summed E-state index contributed by atoms with van der Waals surface area (Å²) in [5, 5.41) is 14.7. The number of carbonyl (C=O) groups excluding carboxylic acids is 2. The maximum absolute atomic E-state index is 12.5. The number of carboxylic acid groups (broad SMARTS) is 1. The second-order valence-corrected chi connectivity index (χ2v) is 9.46. The Morgan fingerprint density at radius 3 is 2.32 bits per heavy atom. The first kappa shape index (κ1) is 23.8. The fourth-order valence-electron chi connectivity index (χ4n) is 5.14. The van der Waals surface area contributed by atoms with Crippen molar-refractivity contribution in [2.24, 2.45) is 11.8 Å². The Morgan fingerprint density at radius 1 is 1.03 bits per heavy atom. The molecule has 1 fully saturated rings. The number of carboxylic acids is 1. The fraction of sp³-hybridized carbons (Fsp3) is 0.444. The Balaban J connectivity index is 1.22. The van der Waals surface area contributed by atoms with Gasteiger partial charge in [-0.25, -0.2) is 4.79 Å². The van der Waals surface area contributed by atoms with Crippen molar-refractivity contribution in [3.05, 3.63) is 59.7 Å². The van der Waals surface area contributed by atoms with Crippen molar-refractivity contribution in [2.75, 3.05) is 13.2 Å². The lowest BCUT2D eigenvalue weighted by molar-refractivity contribution is -0.138. The fourth-order valence-corrected chi connectivity index (χ4v) is 5.14. The lowest BCUT2D eigenvalue weighted by Crippen LogP contribution is -2.36. The van der Waals surface area contributed by atoms with E-state index in [0.717, 1.165) is 6.42 Å². The molecule has 4 rings (SSSR count). The molecule has 0 saturated heterocycles. The normalized spacial score (nSPS) is 19.7. The van der Waals surface area contributed by atoms with Crippen LogP contribution in [0.25, 0.3) is 11.1 Å². The molecule has 0 aromatic heterocycles. The van der Waals surface area contributed by atoms with Gasteiger partial charge in [0, 0.05) is 30.8 Å². The van der Waals surface area contributed by atoms with Crippen molar-refractivity contribution < 1.29 is 24.2 Å². The number of hydrogen-bond donors (Lipinski definition) is 3. The van der Waals surface area contributed by atoms with Crippen molar-refractivity contribution in [1.29, 1.82) is 0 Å². The topological polar surface area (TPSA) is 105 Å². The third-order valence-electron chi connectivity index (χ3n) is 6.93. The molecule has 0 spiro atoms. The van der Waals surface area contributed by atoms with Crippen molar-refractivity contribution in [2.45, 2.75) is 51.0 Å². The monoisotopic (exact) mass is 464 g/mol. The molecule has 180 valence electrons. The van der Waals surface area contributed by atoms with Gasteiger partial charge in [0.25, 0.3) is 0 Å². The molecule has 2 amide bonds. The molecular weight excluding hydrogens is 432 g/mol. The van der Waals surface area contributed by atoms with Gasteiger partial charge in [0.15, 0.2) is 0 Å². The van der Waals surface area contributed by atoms with Crippen LogP contribution in [-0.2, 0) is 14.3 Å². The van der Waals surface area contributed by atoms with E-state index in [2.05, 4.69) is 34.9 Å². The minimum absolute atomic E-state index is 0.0174. The zero-order valence-corrected chi connectivity index (χ0v) is 19.5. The third kappa shape index (κ3) is 5.58. The lowest BCUT2D eigenvalue weighted by Gasteiger charge is -2.17. The number of amides is 2. The maximum Gasteiger partial charge on any atom is 0.407 e. The van der Waals surface area contributed by atoms with Gasteiger partial charge in [-0.1, -0.05) is 55.5 Å². The predicted molar refractivity (Wildman–Crippen MR) is 128 cm³/mol. The molecule has 0 heterocycles. The minimum atomic E-state index is -0.822. The van der Waals surface area contributed by atoms with Crippen LogP contribution in [0.15, 0.2) is 48.5 Å². The Labute approximate surface area is 199 Å². The molecule has 3 atom stereocenters. The second-order valence-electron chi connectivity index (χ2n) is 9.46. The molecule has 0 aliphatic heterocycles. The Bertz CT molecular complexity index is 1010. The summed E-state index contributed by atoms with van der Waals surface area (Å²) in [7, 11) is 0. The molecule has 2 aliphatic rings. The van der Waals surface area contributed by atoms with Gasteiger partial charge in [-0.3, -0.25) is 9.59 Å². The molecule has 0 bridgehead atoms. The summed E-state index contributed by atoms with van der Waals surface area (Å²) >= 11 is 0. The average molecular weight is 465 g/mol. The molecule has 7 heteroatoms. The molecule has 0 radical (unpaired) electrons. The molecular formula is C27H32N2O5. The van der Waals surface area contributed by atoms with E-state index >= 15 is 0 Å². The lowest BCUT2D eigenvalue weighted by atomic mass is 9.98. The van der Waals surface area contributed by atoms with Crippen LogP contribution in [0.3, 0.4) is 0 Å². The number of rotatable bonds is 9. The highest BCUT2D eigenvalue weighted by Crippen LogP contribution is 2.44. The molecule has 2 aromatic rings. The van der Waals surface area contributed by atoms with Gasteiger partial charge in [0.1, 0.15) is 6.61 Å². The molecule has 3 unspecified atom stereocenters. The third-order valence-corrected chi connectivity index (χ3v) is 6.93. The van der Waals surface area contributed by atoms with Gasteiger partial charge < -0.3 is 20.5 Å². The van der Waals surface area contributed by atoms with E-state index in [4.69, 9.17) is 9.84 Å². The number of carbonyl (C=O) groups is 3. The summed E-state index contributed by atoms with van der Waals surface area (Å²) in [6, 6.07) is 16.4. The highest BCUT2D eigenvalue weighted by atomic mass is 16.5. The number of hydrogen-bond acceptors (Lipinski definition) is 4. The summed E-state index contributed by atoms with van der Waals surface area (Å²) in [6.45, 7) is 2.60. The van der Waals surface area contributed by atoms with Crippen LogP contribution < -0.4 is 10.6 Å². The number of alkyl carbamates (subject to hydrolysis) is 1. The SMILES string of the molecule is CC(CCNC(=O)C1CCC(NC(=O)OCC2c3ccccc3-c3ccccc32)C1)CC(=O)O. The Kier molecular flexibility index (Phi) is 7.50. The van der Waals surface area contributed by atoms with Gasteiger partial charge in [-0.05, 0) is 53.9 Å². The largest absolute Gasteiger partial charge is 0.481 e. The van der Waals surface area contributed by atoms with Gasteiger partial charge >= 0.3 is 12.1 Å². The Morgan fingerprint density at radius 2 is 1.68 bits per heavy atom. The van der Waals surface area contributed by atoms with Crippen molar-refractivity contribution >= 4 is 18.0 Å². The van der Waals surface area contributed by atoms with E-state index in [1.165, 1.54) is 22.3 Å². The highest BCUT2D eigenvalue weighted by molar-refractivity contribution is 5.80. The number of fused-ring (bicyclic) bond motifs is 3. The number of benzene rings is 2. The van der Waals surface area contributed by atoms with Crippen LogP contribution in [0, 0.1) is 11.8 Å². The quantitative estimate of drug-likeness (QED) is 0.513. The first-order chi connectivity index (χ1) is 16.4. The van der Waals surface area contributed by atoms with Crippen LogP contribution in [0.2, 0.25) is 0 Å². The molecule has 1 saturated carbocycles. The van der Waals surface area contributed by atoms with Crippen molar-refractivity contribution in [3.63, 3.8) is 0 Å². The van der Waals surface area contributed by atoms with Crippen LogP contribution >= 0.6 is 0 Å². The van der Waals surface area contributed by atoms with Gasteiger partial charge in [-0.15, -0.1) is 0 Å². The summed E-state index contributed by atoms with van der Waals surface area (Å²) in [6.07, 6.45) is 2.32. The van der Waals surface area contributed by atoms with Gasteiger partial charge in [0.2, 0.25) is 5.91 Å².